The van der Waals surface area contributed by atoms with Gasteiger partial charge in [0.15, 0.2) is 11.5 Å². The van der Waals surface area contributed by atoms with Crippen molar-refractivity contribution in [3.8, 4) is 11.5 Å². The molecule has 4 rings (SSSR count). The van der Waals surface area contributed by atoms with Gasteiger partial charge in [-0.1, -0.05) is 24.3 Å². The molecule has 2 aromatic carbocycles. The molecule has 0 saturated carbocycles. The lowest BCUT2D eigenvalue weighted by molar-refractivity contribution is 0.180. The number of aromatic nitrogens is 1. The second kappa shape index (κ2) is 7.87. The Morgan fingerprint density at radius 2 is 1.86 bits per heavy atom. The minimum absolute atomic E-state index is 0.336. The van der Waals surface area contributed by atoms with Crippen molar-refractivity contribution in [3.05, 3.63) is 77.9 Å². The van der Waals surface area contributed by atoms with E-state index in [0.717, 1.165) is 5.69 Å². The molecule has 1 atom stereocenters. The first kappa shape index (κ1) is 18.9. The third-order valence-electron chi connectivity index (χ3n) is 5.14. The zero-order valence-corrected chi connectivity index (χ0v) is 16.3. The number of hydrogen-bond donors (Lipinski definition) is 1. The highest BCUT2D eigenvalue weighted by molar-refractivity contribution is 5.92. The van der Waals surface area contributed by atoms with Gasteiger partial charge in [-0.15, -0.1) is 0 Å². The summed E-state index contributed by atoms with van der Waals surface area (Å²) in [7, 11) is 3.06. The molecule has 1 N–H and O–H groups in total. The molecule has 150 valence electrons. The standard InChI is InChI=1S/C22H22FN3O3/c1-28-19-11-5-9-17(21(19)29-2)24-22(27)26-14-13-25-12-6-10-18(25)20(26)15-7-3-4-8-16(15)23/h3-12,20H,13-14H2,1-2H3,(H,24,27)/t20-/m0/s1. The lowest BCUT2D eigenvalue weighted by Crippen LogP contribution is -2.44. The number of methoxy groups -OCH3 is 2. The fourth-order valence-corrected chi connectivity index (χ4v) is 3.80. The first-order chi connectivity index (χ1) is 14.1. The van der Waals surface area contributed by atoms with Crippen LogP contribution in [0, 0.1) is 5.82 Å². The lowest BCUT2D eigenvalue weighted by Gasteiger charge is -2.37. The maximum atomic E-state index is 14.7. The van der Waals surface area contributed by atoms with Crippen LogP contribution in [0.15, 0.2) is 60.8 Å². The smallest absolute Gasteiger partial charge is 0.322 e. The van der Waals surface area contributed by atoms with Gasteiger partial charge in [-0.05, 0) is 30.3 Å². The Morgan fingerprint density at radius 3 is 2.62 bits per heavy atom. The number of ether oxygens (including phenoxy) is 2. The van der Waals surface area contributed by atoms with Crippen molar-refractivity contribution in [3.63, 3.8) is 0 Å². The fraction of sp³-hybridized carbons (Fsp3) is 0.227. The summed E-state index contributed by atoms with van der Waals surface area (Å²) in [5.74, 6) is 0.610. The van der Waals surface area contributed by atoms with Gasteiger partial charge in [0.25, 0.3) is 0 Å². The molecule has 7 heteroatoms. The van der Waals surface area contributed by atoms with Crippen LogP contribution >= 0.6 is 0 Å². The summed E-state index contributed by atoms with van der Waals surface area (Å²) in [4.78, 5) is 14.9. The number of benzene rings is 2. The second-order valence-corrected chi connectivity index (χ2v) is 6.72. The van der Waals surface area contributed by atoms with Crippen molar-refractivity contribution in [2.75, 3.05) is 26.1 Å². The zero-order valence-electron chi connectivity index (χ0n) is 16.3. The molecule has 2 amide bonds. The number of rotatable bonds is 4. The Hall–Kier alpha value is -3.48. The quantitative estimate of drug-likeness (QED) is 0.717. The van der Waals surface area contributed by atoms with E-state index >= 15 is 0 Å². The van der Waals surface area contributed by atoms with Crippen LogP contribution in [0.4, 0.5) is 14.9 Å². The van der Waals surface area contributed by atoms with Crippen LogP contribution in [0.3, 0.4) is 0 Å². The molecule has 0 radical (unpaired) electrons. The van der Waals surface area contributed by atoms with Crippen LogP contribution in [-0.2, 0) is 6.54 Å². The number of anilines is 1. The van der Waals surface area contributed by atoms with Gasteiger partial charge >= 0.3 is 6.03 Å². The number of carbonyl (C=O) groups is 1. The molecule has 0 fully saturated rings. The van der Waals surface area contributed by atoms with Gasteiger partial charge in [0.1, 0.15) is 11.9 Å². The number of carbonyl (C=O) groups excluding carboxylic acids is 1. The molecule has 0 bridgehead atoms. The van der Waals surface area contributed by atoms with E-state index in [1.54, 1.807) is 41.3 Å². The molecule has 3 aromatic rings. The van der Waals surface area contributed by atoms with Gasteiger partial charge in [0.2, 0.25) is 0 Å². The van der Waals surface area contributed by atoms with E-state index < -0.39 is 6.04 Å². The SMILES string of the molecule is COc1cccc(NC(=O)N2CCn3cccc3[C@@H]2c2ccccc2F)c1OC. The minimum atomic E-state index is -0.531. The fourth-order valence-electron chi connectivity index (χ4n) is 3.80. The molecular formula is C22H22FN3O3. The molecular weight excluding hydrogens is 373 g/mol. The van der Waals surface area contributed by atoms with Crippen molar-refractivity contribution >= 4 is 11.7 Å². The van der Waals surface area contributed by atoms with Gasteiger partial charge in [-0.2, -0.15) is 0 Å². The predicted molar refractivity (Wildman–Crippen MR) is 108 cm³/mol. The predicted octanol–water partition coefficient (Wildman–Crippen LogP) is 4.28. The number of halogens is 1. The van der Waals surface area contributed by atoms with Crippen molar-refractivity contribution in [1.29, 1.82) is 0 Å². The van der Waals surface area contributed by atoms with Crippen LogP contribution in [0.1, 0.15) is 17.3 Å². The van der Waals surface area contributed by atoms with E-state index in [1.807, 2.05) is 22.9 Å². The molecule has 0 unspecified atom stereocenters. The van der Waals surface area contributed by atoms with Gasteiger partial charge in [0, 0.05) is 30.5 Å². The lowest BCUT2D eigenvalue weighted by atomic mass is 9.99. The first-order valence-corrected chi connectivity index (χ1v) is 9.32. The zero-order chi connectivity index (χ0) is 20.4. The van der Waals surface area contributed by atoms with Gasteiger partial charge < -0.3 is 24.3 Å². The molecule has 1 aliphatic rings. The third kappa shape index (κ3) is 3.40. The summed E-state index contributed by atoms with van der Waals surface area (Å²) in [6, 6.07) is 14.8. The Bertz CT molecular complexity index is 1030. The number of hydrogen-bond acceptors (Lipinski definition) is 3. The molecule has 0 spiro atoms. The van der Waals surface area contributed by atoms with E-state index in [1.165, 1.54) is 20.3 Å². The summed E-state index contributed by atoms with van der Waals surface area (Å²) in [6.45, 7) is 1.08. The normalized spacial score (nSPS) is 15.6. The first-order valence-electron chi connectivity index (χ1n) is 9.32. The molecule has 29 heavy (non-hydrogen) atoms. The van der Waals surface area contributed by atoms with Crippen LogP contribution < -0.4 is 14.8 Å². The summed E-state index contributed by atoms with van der Waals surface area (Å²) >= 11 is 0. The Balaban J connectivity index is 1.70. The minimum Gasteiger partial charge on any atom is -0.493 e. The summed E-state index contributed by atoms with van der Waals surface area (Å²) in [5.41, 5.74) is 1.82. The summed E-state index contributed by atoms with van der Waals surface area (Å²) in [6.07, 6.45) is 1.95. The van der Waals surface area contributed by atoms with E-state index in [-0.39, 0.29) is 11.8 Å². The summed E-state index contributed by atoms with van der Waals surface area (Å²) < 4.78 is 27.4. The third-order valence-corrected chi connectivity index (χ3v) is 5.14. The van der Waals surface area contributed by atoms with E-state index in [4.69, 9.17) is 9.47 Å². The van der Waals surface area contributed by atoms with E-state index in [2.05, 4.69) is 5.32 Å². The van der Waals surface area contributed by atoms with Crippen LogP contribution in [0.25, 0.3) is 0 Å². The maximum Gasteiger partial charge on any atom is 0.322 e. The van der Waals surface area contributed by atoms with Crippen molar-refractivity contribution in [1.82, 2.24) is 9.47 Å². The maximum absolute atomic E-state index is 14.7. The largest absolute Gasteiger partial charge is 0.493 e. The number of nitrogens with zero attached hydrogens (tertiary/aromatic N) is 2. The highest BCUT2D eigenvalue weighted by Gasteiger charge is 2.34. The Kier molecular flexibility index (Phi) is 5.12. The van der Waals surface area contributed by atoms with Gasteiger partial charge in [-0.25, -0.2) is 9.18 Å². The summed E-state index contributed by atoms with van der Waals surface area (Å²) in [5, 5.41) is 2.90. The molecule has 0 saturated heterocycles. The molecule has 1 aromatic heterocycles. The number of nitrogens with one attached hydrogen (secondary N) is 1. The molecule has 6 nitrogen and oxygen atoms in total. The Labute approximate surface area is 168 Å². The second-order valence-electron chi connectivity index (χ2n) is 6.72. The Morgan fingerprint density at radius 1 is 1.03 bits per heavy atom. The number of para-hydroxylation sites is 1. The van der Waals surface area contributed by atoms with Gasteiger partial charge in [-0.3, -0.25) is 0 Å². The van der Waals surface area contributed by atoms with Crippen LogP contribution in [0.5, 0.6) is 11.5 Å². The highest BCUT2D eigenvalue weighted by Crippen LogP contribution is 2.37. The van der Waals surface area contributed by atoms with Crippen molar-refractivity contribution in [2.24, 2.45) is 0 Å². The average molecular weight is 395 g/mol. The van der Waals surface area contributed by atoms with Crippen LogP contribution in [0.2, 0.25) is 0 Å². The molecule has 0 aliphatic carbocycles. The van der Waals surface area contributed by atoms with E-state index in [0.29, 0.717) is 35.8 Å². The topological polar surface area (TPSA) is 55.7 Å². The van der Waals surface area contributed by atoms with Crippen LogP contribution in [-0.4, -0.2) is 36.3 Å². The van der Waals surface area contributed by atoms with Crippen molar-refractivity contribution < 1.29 is 18.7 Å². The number of urea groups is 1. The monoisotopic (exact) mass is 395 g/mol. The molecule has 1 aliphatic heterocycles. The number of fused-ring (bicyclic) bond motifs is 1. The average Bonchev–Trinajstić information content (AvgIpc) is 3.22. The van der Waals surface area contributed by atoms with Crippen molar-refractivity contribution in [2.45, 2.75) is 12.6 Å². The highest BCUT2D eigenvalue weighted by atomic mass is 19.1. The van der Waals surface area contributed by atoms with Gasteiger partial charge in [0.05, 0.1) is 19.9 Å². The molecule has 2 heterocycles. The number of amides is 2. The van der Waals surface area contributed by atoms with E-state index in [9.17, 15) is 9.18 Å².